The minimum atomic E-state index is -2.89. The topological polar surface area (TPSA) is 73.0 Å². The Morgan fingerprint density at radius 3 is 2.71 bits per heavy atom. The van der Waals surface area contributed by atoms with Crippen molar-refractivity contribution in [3.63, 3.8) is 0 Å². The molecule has 3 rings (SSSR count). The quantitative estimate of drug-likeness (QED) is 0.907. The van der Waals surface area contributed by atoms with Crippen LogP contribution in [-0.2, 0) is 4.74 Å². The Balaban J connectivity index is 1.80. The molecule has 1 unspecified atom stereocenters. The van der Waals surface area contributed by atoms with Crippen molar-refractivity contribution in [3.05, 3.63) is 29.6 Å². The van der Waals surface area contributed by atoms with E-state index in [2.05, 4.69) is 19.6 Å². The molecule has 6 nitrogen and oxygen atoms in total. The van der Waals surface area contributed by atoms with Crippen LogP contribution in [0.3, 0.4) is 0 Å². The van der Waals surface area contributed by atoms with E-state index in [0.717, 1.165) is 29.9 Å². The van der Waals surface area contributed by atoms with Gasteiger partial charge in [-0.1, -0.05) is 0 Å². The third-order valence-electron chi connectivity index (χ3n) is 4.27. The van der Waals surface area contributed by atoms with Crippen molar-refractivity contribution in [1.82, 2.24) is 9.88 Å². The predicted molar refractivity (Wildman–Crippen MR) is 85.9 cm³/mol. The molecule has 8 heteroatoms. The first-order valence-electron chi connectivity index (χ1n) is 7.76. The molecule has 0 saturated carbocycles. The molecule has 1 saturated heterocycles. The molecule has 1 atom stereocenters. The van der Waals surface area contributed by atoms with Gasteiger partial charge in [0.25, 0.3) is 0 Å². The fraction of sp³-hybridized carbons (Fsp3) is 0.500. The molecule has 1 aromatic rings. The number of halogens is 2. The smallest absolute Gasteiger partial charge is 0.388 e. The van der Waals surface area contributed by atoms with Crippen molar-refractivity contribution in [1.29, 1.82) is 0 Å². The first-order chi connectivity index (χ1) is 11.5. The Morgan fingerprint density at radius 1 is 1.33 bits per heavy atom. The lowest BCUT2D eigenvalue weighted by Crippen LogP contribution is -2.61. The van der Waals surface area contributed by atoms with Crippen LogP contribution in [0.1, 0.15) is 18.9 Å². The van der Waals surface area contributed by atoms with Gasteiger partial charge in [-0.3, -0.25) is 9.89 Å². The normalized spacial score (nSPS) is 25.4. The lowest BCUT2D eigenvalue weighted by atomic mass is 9.91. The van der Waals surface area contributed by atoms with Gasteiger partial charge < -0.3 is 15.2 Å². The highest BCUT2D eigenvalue weighted by Gasteiger charge is 2.36. The maximum atomic E-state index is 12.2. The number of morpholine rings is 1. The predicted octanol–water partition coefficient (Wildman–Crippen LogP) is 1.88. The molecule has 24 heavy (non-hydrogen) atoms. The Hall–Kier alpha value is -1.90. The van der Waals surface area contributed by atoms with Crippen molar-refractivity contribution in [3.8, 4) is 5.88 Å². The number of hydrogen-bond donors (Lipinski definition) is 1. The average Bonchev–Trinajstić information content (AvgIpc) is 2.58. The number of pyridine rings is 1. The highest BCUT2D eigenvalue weighted by molar-refractivity contribution is 5.82. The van der Waals surface area contributed by atoms with Gasteiger partial charge in [-0.25, -0.2) is 4.98 Å². The van der Waals surface area contributed by atoms with Crippen LogP contribution in [0.2, 0.25) is 0 Å². The highest BCUT2D eigenvalue weighted by Crippen LogP contribution is 2.33. The third-order valence-corrected chi connectivity index (χ3v) is 4.27. The zero-order valence-electron chi connectivity index (χ0n) is 13.4. The van der Waals surface area contributed by atoms with E-state index >= 15 is 0 Å². The number of allylic oxidation sites excluding steroid dienone is 1. The van der Waals surface area contributed by atoms with Gasteiger partial charge in [-0.05, 0) is 24.1 Å². The maximum Gasteiger partial charge on any atom is 0.388 e. The molecule has 0 amide bonds. The van der Waals surface area contributed by atoms with Gasteiger partial charge in [0.1, 0.15) is 5.66 Å². The average molecular weight is 338 g/mol. The lowest BCUT2D eigenvalue weighted by Gasteiger charge is -2.42. The summed E-state index contributed by atoms with van der Waals surface area (Å²) in [6.07, 6.45) is 3.86. The van der Waals surface area contributed by atoms with Crippen LogP contribution < -0.4 is 10.5 Å². The van der Waals surface area contributed by atoms with Crippen molar-refractivity contribution < 1.29 is 18.3 Å². The van der Waals surface area contributed by atoms with Gasteiger partial charge >= 0.3 is 6.61 Å². The number of aromatic nitrogens is 1. The van der Waals surface area contributed by atoms with Crippen LogP contribution in [0.4, 0.5) is 8.78 Å². The van der Waals surface area contributed by atoms with Gasteiger partial charge in [0.2, 0.25) is 5.88 Å². The second-order valence-corrected chi connectivity index (χ2v) is 5.85. The van der Waals surface area contributed by atoms with E-state index in [1.54, 1.807) is 12.3 Å². The summed E-state index contributed by atoms with van der Waals surface area (Å²) in [6, 6.07) is 3.12. The van der Waals surface area contributed by atoms with E-state index in [-0.39, 0.29) is 5.88 Å². The van der Waals surface area contributed by atoms with E-state index in [1.165, 1.54) is 12.3 Å². The summed E-state index contributed by atoms with van der Waals surface area (Å²) < 4.78 is 34.1. The Morgan fingerprint density at radius 2 is 2.08 bits per heavy atom. The minimum Gasteiger partial charge on any atom is -0.417 e. The standard InChI is InChI=1S/C16H20F2N4O2/c1-11-13(12-2-3-14(20-9-12)24-15(17)18)8-16(19,10-21-11)22-4-6-23-7-5-22/h2-3,9-10,15H,4-8,19H2,1H3. The molecule has 130 valence electrons. The molecule has 0 radical (unpaired) electrons. The second-order valence-electron chi connectivity index (χ2n) is 5.85. The zero-order valence-corrected chi connectivity index (χ0v) is 13.4. The van der Waals surface area contributed by atoms with Crippen molar-refractivity contribution in [2.24, 2.45) is 10.7 Å². The van der Waals surface area contributed by atoms with E-state index in [1.807, 2.05) is 6.92 Å². The van der Waals surface area contributed by atoms with Crippen LogP contribution >= 0.6 is 0 Å². The van der Waals surface area contributed by atoms with Crippen LogP contribution in [0.5, 0.6) is 5.88 Å². The van der Waals surface area contributed by atoms with E-state index in [0.29, 0.717) is 19.6 Å². The largest absolute Gasteiger partial charge is 0.417 e. The van der Waals surface area contributed by atoms with Crippen LogP contribution in [0.25, 0.3) is 5.57 Å². The fourth-order valence-electron chi connectivity index (χ4n) is 2.95. The van der Waals surface area contributed by atoms with Crippen molar-refractivity contribution in [2.75, 3.05) is 26.3 Å². The number of rotatable bonds is 4. The van der Waals surface area contributed by atoms with Crippen LogP contribution in [0, 0.1) is 0 Å². The first kappa shape index (κ1) is 16.9. The van der Waals surface area contributed by atoms with Gasteiger partial charge in [0, 0.05) is 43.7 Å². The number of ether oxygens (including phenoxy) is 2. The monoisotopic (exact) mass is 338 g/mol. The van der Waals surface area contributed by atoms with E-state index < -0.39 is 12.3 Å². The highest BCUT2D eigenvalue weighted by atomic mass is 19.3. The number of hydrogen-bond acceptors (Lipinski definition) is 6. The van der Waals surface area contributed by atoms with Gasteiger partial charge in [0.15, 0.2) is 0 Å². The molecule has 0 aromatic carbocycles. The molecular formula is C16H20F2N4O2. The summed E-state index contributed by atoms with van der Waals surface area (Å²) in [6.45, 7) is 1.79. The molecule has 0 aliphatic carbocycles. The lowest BCUT2D eigenvalue weighted by molar-refractivity contribution is -0.0528. The number of aliphatic imine (C=N–C) groups is 1. The summed E-state index contributed by atoms with van der Waals surface area (Å²) in [5, 5.41) is 0. The molecular weight excluding hydrogens is 318 g/mol. The molecule has 1 aromatic heterocycles. The Bertz CT molecular complexity index is 642. The molecule has 2 N–H and O–H groups in total. The summed E-state index contributed by atoms with van der Waals surface area (Å²) in [7, 11) is 0. The summed E-state index contributed by atoms with van der Waals surface area (Å²) >= 11 is 0. The summed E-state index contributed by atoms with van der Waals surface area (Å²) in [5.41, 5.74) is 8.47. The molecule has 2 aliphatic heterocycles. The Kier molecular flexibility index (Phi) is 4.88. The second kappa shape index (κ2) is 6.92. The van der Waals surface area contributed by atoms with E-state index in [4.69, 9.17) is 10.5 Å². The van der Waals surface area contributed by atoms with Gasteiger partial charge in [0.05, 0.1) is 13.2 Å². The van der Waals surface area contributed by atoms with E-state index in [9.17, 15) is 8.78 Å². The van der Waals surface area contributed by atoms with Crippen molar-refractivity contribution in [2.45, 2.75) is 25.6 Å². The Labute approximate surface area is 139 Å². The molecule has 0 bridgehead atoms. The summed E-state index contributed by atoms with van der Waals surface area (Å²) in [4.78, 5) is 10.5. The summed E-state index contributed by atoms with van der Waals surface area (Å²) in [5.74, 6) is -0.112. The zero-order chi connectivity index (χ0) is 17.2. The van der Waals surface area contributed by atoms with Crippen LogP contribution in [-0.4, -0.2) is 54.7 Å². The number of alkyl halides is 2. The van der Waals surface area contributed by atoms with Crippen LogP contribution in [0.15, 0.2) is 29.0 Å². The SMILES string of the molecule is CC1=C(c2ccc(OC(F)F)nc2)CC(N)(N2CCOCC2)C=N1. The molecule has 0 spiro atoms. The minimum absolute atomic E-state index is 0.112. The van der Waals surface area contributed by atoms with Gasteiger partial charge in [-0.15, -0.1) is 0 Å². The maximum absolute atomic E-state index is 12.2. The molecule has 1 fully saturated rings. The first-order valence-corrected chi connectivity index (χ1v) is 7.76. The third kappa shape index (κ3) is 3.61. The van der Waals surface area contributed by atoms with Crippen molar-refractivity contribution >= 4 is 11.8 Å². The fourth-order valence-corrected chi connectivity index (χ4v) is 2.95. The number of nitrogens with zero attached hydrogens (tertiary/aromatic N) is 3. The molecule has 3 heterocycles. The van der Waals surface area contributed by atoms with Gasteiger partial charge in [-0.2, -0.15) is 8.78 Å². The number of nitrogens with two attached hydrogens (primary N) is 1. The molecule has 2 aliphatic rings.